The molecule has 1 aliphatic carbocycles. The fourth-order valence-corrected chi connectivity index (χ4v) is 2.80. The summed E-state index contributed by atoms with van der Waals surface area (Å²) in [6.07, 6.45) is 3.26. The molecule has 7 heteroatoms. The van der Waals surface area contributed by atoms with E-state index in [4.69, 9.17) is 5.73 Å². The molecule has 0 aromatic carbocycles. The zero-order chi connectivity index (χ0) is 15.8. The van der Waals surface area contributed by atoms with Crippen molar-refractivity contribution >= 4 is 17.4 Å². The number of nitrogens with two attached hydrogens (primary N) is 1. The average molecular weight is 292 g/mol. The van der Waals surface area contributed by atoms with Crippen LogP contribution in [0.5, 0.6) is 0 Å². The number of anilines is 1. The highest BCUT2D eigenvalue weighted by atomic mass is 16.6. The Kier molecular flexibility index (Phi) is 3.85. The van der Waals surface area contributed by atoms with Crippen LogP contribution < -0.4 is 11.1 Å². The number of carbonyl (C=O) groups is 1. The highest BCUT2D eigenvalue weighted by Crippen LogP contribution is 2.54. The van der Waals surface area contributed by atoms with Gasteiger partial charge in [-0.2, -0.15) is 0 Å². The first kappa shape index (κ1) is 15.2. The van der Waals surface area contributed by atoms with Crippen molar-refractivity contribution in [3.8, 4) is 0 Å². The van der Waals surface area contributed by atoms with Crippen LogP contribution in [0.2, 0.25) is 0 Å². The Balaban J connectivity index is 2.33. The Morgan fingerprint density at radius 3 is 2.71 bits per heavy atom. The fraction of sp³-hybridized carbons (Fsp3) is 0.571. The first-order chi connectivity index (χ1) is 9.77. The van der Waals surface area contributed by atoms with E-state index in [0.29, 0.717) is 5.92 Å². The minimum atomic E-state index is -0.827. The van der Waals surface area contributed by atoms with Crippen LogP contribution in [0.4, 0.5) is 11.5 Å². The van der Waals surface area contributed by atoms with Gasteiger partial charge in [-0.25, -0.2) is 4.98 Å². The fourth-order valence-electron chi connectivity index (χ4n) is 2.80. The Morgan fingerprint density at radius 1 is 1.67 bits per heavy atom. The summed E-state index contributed by atoms with van der Waals surface area (Å²) in [6, 6.07) is 1.36. The molecule has 0 bridgehead atoms. The van der Waals surface area contributed by atoms with E-state index in [9.17, 15) is 14.9 Å². The van der Waals surface area contributed by atoms with Crippen LogP contribution in [0.15, 0.2) is 12.3 Å². The topological polar surface area (TPSA) is 111 Å². The summed E-state index contributed by atoms with van der Waals surface area (Å²) in [6.45, 7) is 6.36. The molecule has 1 aliphatic rings. The molecule has 114 valence electrons. The summed E-state index contributed by atoms with van der Waals surface area (Å²) >= 11 is 0. The number of amides is 1. The Bertz CT molecular complexity index is 586. The van der Waals surface area contributed by atoms with Gasteiger partial charge in [-0.05, 0) is 30.2 Å². The first-order valence-corrected chi connectivity index (χ1v) is 6.97. The Labute approximate surface area is 123 Å². The number of primary amides is 1. The third-order valence-corrected chi connectivity index (χ3v) is 4.21. The molecule has 3 N–H and O–H groups in total. The van der Waals surface area contributed by atoms with Crippen molar-refractivity contribution in [2.24, 2.45) is 17.1 Å². The molecule has 2 rings (SSSR count). The molecule has 0 saturated heterocycles. The lowest BCUT2D eigenvalue weighted by Crippen LogP contribution is -2.25. The third kappa shape index (κ3) is 2.96. The van der Waals surface area contributed by atoms with E-state index in [1.54, 1.807) is 0 Å². The van der Waals surface area contributed by atoms with Gasteiger partial charge in [0.1, 0.15) is 5.56 Å². The molecule has 21 heavy (non-hydrogen) atoms. The van der Waals surface area contributed by atoms with Crippen molar-refractivity contribution in [2.75, 3.05) is 5.32 Å². The standard InChI is InChI=1S/C14H20N4O3/c1-4-10(9-7-14(9,2)3)17-13-11(18(20)21)8(12(15)19)5-6-16-13/h5-6,9-10H,4,7H2,1-3H3,(H2,15,19)(H,16,17)/t9-,10+/m1/s1. The number of carbonyl (C=O) groups excluding carboxylic acids is 1. The first-order valence-electron chi connectivity index (χ1n) is 6.97. The molecular weight excluding hydrogens is 272 g/mol. The normalized spacial score (nSPS) is 20.6. The van der Waals surface area contributed by atoms with Crippen LogP contribution in [0, 0.1) is 21.4 Å². The maximum Gasteiger partial charge on any atom is 0.324 e. The number of hydrogen-bond acceptors (Lipinski definition) is 5. The van der Waals surface area contributed by atoms with E-state index >= 15 is 0 Å². The quantitative estimate of drug-likeness (QED) is 0.617. The molecule has 1 saturated carbocycles. The number of nitrogens with zero attached hydrogens (tertiary/aromatic N) is 2. The smallest absolute Gasteiger partial charge is 0.324 e. The second kappa shape index (κ2) is 5.31. The van der Waals surface area contributed by atoms with Crippen LogP contribution in [-0.4, -0.2) is 21.9 Å². The maximum absolute atomic E-state index is 11.3. The van der Waals surface area contributed by atoms with Crippen molar-refractivity contribution in [3.63, 3.8) is 0 Å². The van der Waals surface area contributed by atoms with Gasteiger partial charge in [0, 0.05) is 12.2 Å². The highest BCUT2D eigenvalue weighted by Gasteiger charge is 2.49. The van der Waals surface area contributed by atoms with E-state index in [1.165, 1.54) is 12.3 Å². The minimum Gasteiger partial charge on any atom is -0.365 e. The van der Waals surface area contributed by atoms with E-state index in [1.807, 2.05) is 6.92 Å². The molecule has 2 atom stereocenters. The Morgan fingerprint density at radius 2 is 2.29 bits per heavy atom. The van der Waals surface area contributed by atoms with E-state index in [-0.39, 0.29) is 28.5 Å². The predicted octanol–water partition coefficient (Wildman–Crippen LogP) is 2.33. The zero-order valence-corrected chi connectivity index (χ0v) is 12.4. The summed E-state index contributed by atoms with van der Waals surface area (Å²) in [5.74, 6) is -0.265. The summed E-state index contributed by atoms with van der Waals surface area (Å²) < 4.78 is 0. The molecule has 0 spiro atoms. The van der Waals surface area contributed by atoms with Crippen LogP contribution >= 0.6 is 0 Å². The highest BCUT2D eigenvalue weighted by molar-refractivity contribution is 5.98. The zero-order valence-electron chi connectivity index (χ0n) is 12.4. The second-order valence-corrected chi connectivity index (χ2v) is 6.14. The van der Waals surface area contributed by atoms with Gasteiger partial charge in [-0.15, -0.1) is 0 Å². The summed E-state index contributed by atoms with van der Waals surface area (Å²) in [7, 11) is 0. The molecule has 1 fully saturated rings. The number of pyridine rings is 1. The van der Waals surface area contributed by atoms with Gasteiger partial charge in [-0.3, -0.25) is 14.9 Å². The number of rotatable bonds is 6. The third-order valence-electron chi connectivity index (χ3n) is 4.21. The predicted molar refractivity (Wildman–Crippen MR) is 79.0 cm³/mol. The van der Waals surface area contributed by atoms with E-state index in [0.717, 1.165) is 12.8 Å². The van der Waals surface area contributed by atoms with Gasteiger partial charge >= 0.3 is 5.69 Å². The van der Waals surface area contributed by atoms with Gasteiger partial charge in [0.05, 0.1) is 4.92 Å². The minimum absolute atomic E-state index is 0.0920. The molecule has 1 heterocycles. The molecule has 0 aliphatic heterocycles. The van der Waals surface area contributed by atoms with Crippen molar-refractivity contribution in [2.45, 2.75) is 39.7 Å². The molecule has 1 amide bonds. The molecule has 0 unspecified atom stereocenters. The van der Waals surface area contributed by atoms with Gasteiger partial charge in [-0.1, -0.05) is 20.8 Å². The summed E-state index contributed by atoms with van der Waals surface area (Å²) in [4.78, 5) is 26.0. The largest absolute Gasteiger partial charge is 0.365 e. The summed E-state index contributed by atoms with van der Waals surface area (Å²) in [5.41, 5.74) is 4.97. The van der Waals surface area contributed by atoms with Gasteiger partial charge in [0.2, 0.25) is 5.82 Å². The molecule has 7 nitrogen and oxygen atoms in total. The van der Waals surface area contributed by atoms with Gasteiger partial charge in [0.15, 0.2) is 0 Å². The van der Waals surface area contributed by atoms with E-state index < -0.39 is 10.8 Å². The van der Waals surface area contributed by atoms with Crippen molar-refractivity contribution in [1.29, 1.82) is 0 Å². The van der Waals surface area contributed by atoms with Crippen molar-refractivity contribution in [3.05, 3.63) is 27.9 Å². The van der Waals surface area contributed by atoms with Gasteiger partial charge < -0.3 is 11.1 Å². The van der Waals surface area contributed by atoms with Crippen molar-refractivity contribution in [1.82, 2.24) is 4.98 Å². The number of aromatic nitrogens is 1. The van der Waals surface area contributed by atoms with Gasteiger partial charge in [0.25, 0.3) is 5.91 Å². The number of hydrogen-bond donors (Lipinski definition) is 2. The van der Waals surface area contributed by atoms with Crippen LogP contribution in [-0.2, 0) is 0 Å². The maximum atomic E-state index is 11.3. The second-order valence-electron chi connectivity index (χ2n) is 6.14. The average Bonchev–Trinajstić information content (AvgIpc) is 3.03. The lowest BCUT2D eigenvalue weighted by Gasteiger charge is -2.19. The van der Waals surface area contributed by atoms with Crippen LogP contribution in [0.1, 0.15) is 44.0 Å². The monoisotopic (exact) mass is 292 g/mol. The lowest BCUT2D eigenvalue weighted by atomic mass is 10.0. The molecule has 1 aromatic rings. The Hall–Kier alpha value is -2.18. The molecule has 0 radical (unpaired) electrons. The van der Waals surface area contributed by atoms with E-state index in [2.05, 4.69) is 24.1 Å². The number of nitrogens with one attached hydrogen (secondary N) is 1. The number of nitro groups is 1. The molecule has 1 aromatic heterocycles. The van der Waals surface area contributed by atoms with Crippen molar-refractivity contribution < 1.29 is 9.72 Å². The SMILES string of the molecule is CC[C@H](Nc1nccc(C(N)=O)c1[N+](=O)[O-])[C@H]1CC1(C)C. The van der Waals surface area contributed by atoms with Crippen LogP contribution in [0.25, 0.3) is 0 Å². The molecular formula is C14H20N4O3. The lowest BCUT2D eigenvalue weighted by molar-refractivity contribution is -0.384. The summed E-state index contributed by atoms with van der Waals surface area (Å²) in [5, 5.41) is 14.4. The van der Waals surface area contributed by atoms with Crippen LogP contribution in [0.3, 0.4) is 0 Å².